The third kappa shape index (κ3) is 3.20. The summed E-state index contributed by atoms with van der Waals surface area (Å²) in [5.74, 6) is 0.950. The molecule has 2 N–H and O–H groups in total. The molecule has 0 amide bonds. The van der Waals surface area contributed by atoms with Gasteiger partial charge in [-0.25, -0.2) is 4.98 Å². The zero-order valence-electron chi connectivity index (χ0n) is 12.5. The van der Waals surface area contributed by atoms with Crippen LogP contribution in [0.25, 0.3) is 0 Å². The van der Waals surface area contributed by atoms with Crippen LogP contribution < -0.4 is 10.5 Å². The number of nitrogens with two attached hydrogens (primary N) is 1. The SMILES string of the molecule is CCCn1cncc1COc1c(C)cc(CN)cc1C. The Balaban J connectivity index is 2.13. The Hall–Kier alpha value is -1.81. The Morgan fingerprint density at radius 1 is 1.25 bits per heavy atom. The van der Waals surface area contributed by atoms with E-state index >= 15 is 0 Å². The van der Waals surface area contributed by atoms with Crippen molar-refractivity contribution in [1.29, 1.82) is 0 Å². The van der Waals surface area contributed by atoms with Crippen molar-refractivity contribution in [3.05, 3.63) is 47.0 Å². The van der Waals surface area contributed by atoms with E-state index in [1.165, 1.54) is 0 Å². The summed E-state index contributed by atoms with van der Waals surface area (Å²) in [6, 6.07) is 4.18. The summed E-state index contributed by atoms with van der Waals surface area (Å²) >= 11 is 0. The Morgan fingerprint density at radius 2 is 1.95 bits per heavy atom. The first kappa shape index (κ1) is 14.6. The molecule has 0 fully saturated rings. The van der Waals surface area contributed by atoms with E-state index in [4.69, 9.17) is 10.5 Å². The van der Waals surface area contributed by atoms with Crippen LogP contribution in [-0.2, 0) is 19.7 Å². The minimum atomic E-state index is 0.545. The fraction of sp³-hybridized carbons (Fsp3) is 0.438. The maximum absolute atomic E-state index is 6.00. The smallest absolute Gasteiger partial charge is 0.130 e. The maximum Gasteiger partial charge on any atom is 0.130 e. The van der Waals surface area contributed by atoms with Crippen molar-refractivity contribution in [2.75, 3.05) is 0 Å². The van der Waals surface area contributed by atoms with Crippen LogP contribution in [0.5, 0.6) is 5.75 Å². The van der Waals surface area contributed by atoms with Crippen LogP contribution in [0.4, 0.5) is 0 Å². The van der Waals surface area contributed by atoms with Gasteiger partial charge >= 0.3 is 0 Å². The van der Waals surface area contributed by atoms with Gasteiger partial charge in [-0.2, -0.15) is 0 Å². The van der Waals surface area contributed by atoms with Gasteiger partial charge < -0.3 is 15.0 Å². The number of hydrogen-bond acceptors (Lipinski definition) is 3. The summed E-state index contributed by atoms with van der Waals surface area (Å²) in [5, 5.41) is 0. The molecule has 20 heavy (non-hydrogen) atoms. The van der Waals surface area contributed by atoms with Gasteiger partial charge in [0.2, 0.25) is 0 Å². The van der Waals surface area contributed by atoms with Crippen LogP contribution in [0.3, 0.4) is 0 Å². The van der Waals surface area contributed by atoms with Crippen LogP contribution in [0.2, 0.25) is 0 Å². The van der Waals surface area contributed by atoms with Crippen LogP contribution in [-0.4, -0.2) is 9.55 Å². The molecule has 0 unspecified atom stereocenters. The lowest BCUT2D eigenvalue weighted by Gasteiger charge is -2.14. The Labute approximate surface area is 120 Å². The van der Waals surface area contributed by atoms with Crippen molar-refractivity contribution in [1.82, 2.24) is 9.55 Å². The van der Waals surface area contributed by atoms with Gasteiger partial charge in [-0.1, -0.05) is 19.1 Å². The molecule has 0 bridgehead atoms. The number of rotatable bonds is 6. The van der Waals surface area contributed by atoms with E-state index in [0.717, 1.165) is 41.1 Å². The quantitative estimate of drug-likeness (QED) is 0.880. The van der Waals surface area contributed by atoms with E-state index in [1.807, 2.05) is 12.5 Å². The Morgan fingerprint density at radius 3 is 2.55 bits per heavy atom. The standard InChI is InChI=1S/C16H23N3O/c1-4-5-19-11-18-9-15(19)10-20-16-12(2)6-14(8-17)7-13(16)3/h6-7,9,11H,4-5,8,10,17H2,1-3H3. The van der Waals surface area contributed by atoms with Gasteiger partial charge in [0.25, 0.3) is 0 Å². The average Bonchev–Trinajstić information content (AvgIpc) is 2.85. The zero-order valence-corrected chi connectivity index (χ0v) is 12.5. The van der Waals surface area contributed by atoms with Crippen LogP contribution in [0.15, 0.2) is 24.7 Å². The highest BCUT2D eigenvalue weighted by atomic mass is 16.5. The lowest BCUT2D eigenvalue weighted by atomic mass is 10.1. The van der Waals surface area contributed by atoms with Crippen LogP contribution >= 0.6 is 0 Å². The van der Waals surface area contributed by atoms with Crippen molar-refractivity contribution >= 4 is 0 Å². The predicted octanol–water partition coefficient (Wildman–Crippen LogP) is 2.95. The van der Waals surface area contributed by atoms with Gasteiger partial charge in [0.15, 0.2) is 0 Å². The Bertz CT molecular complexity index is 552. The summed E-state index contributed by atoms with van der Waals surface area (Å²) in [4.78, 5) is 4.19. The molecule has 1 aromatic heterocycles. The van der Waals surface area contributed by atoms with Crippen molar-refractivity contribution in [2.45, 2.75) is 46.9 Å². The van der Waals surface area contributed by atoms with E-state index < -0.39 is 0 Å². The number of hydrogen-bond donors (Lipinski definition) is 1. The molecule has 0 aliphatic carbocycles. The topological polar surface area (TPSA) is 53.1 Å². The zero-order chi connectivity index (χ0) is 14.5. The first-order valence-electron chi connectivity index (χ1n) is 7.07. The minimum Gasteiger partial charge on any atom is -0.487 e. The van der Waals surface area contributed by atoms with Crippen molar-refractivity contribution in [3.63, 3.8) is 0 Å². The van der Waals surface area contributed by atoms with E-state index in [2.05, 4.69) is 42.5 Å². The van der Waals surface area contributed by atoms with E-state index in [-0.39, 0.29) is 0 Å². The molecular weight excluding hydrogens is 250 g/mol. The number of benzene rings is 1. The van der Waals surface area contributed by atoms with Crippen LogP contribution in [0, 0.1) is 13.8 Å². The fourth-order valence-electron chi connectivity index (χ4n) is 2.44. The normalized spacial score (nSPS) is 10.8. The van der Waals surface area contributed by atoms with Gasteiger partial charge in [0.1, 0.15) is 12.4 Å². The van der Waals surface area contributed by atoms with Crippen molar-refractivity contribution in [3.8, 4) is 5.75 Å². The van der Waals surface area contributed by atoms with Crippen LogP contribution in [0.1, 0.15) is 35.7 Å². The summed E-state index contributed by atoms with van der Waals surface area (Å²) in [7, 11) is 0. The highest BCUT2D eigenvalue weighted by Gasteiger charge is 2.08. The van der Waals surface area contributed by atoms with Gasteiger partial charge in [-0.15, -0.1) is 0 Å². The molecule has 2 rings (SSSR count). The molecule has 1 heterocycles. The molecule has 108 valence electrons. The third-order valence-electron chi connectivity index (χ3n) is 3.38. The fourth-order valence-corrected chi connectivity index (χ4v) is 2.44. The highest BCUT2D eigenvalue weighted by molar-refractivity contribution is 5.43. The molecule has 2 aromatic rings. The third-order valence-corrected chi connectivity index (χ3v) is 3.38. The molecule has 0 atom stereocenters. The number of ether oxygens (including phenoxy) is 1. The molecule has 4 nitrogen and oxygen atoms in total. The molecule has 0 spiro atoms. The molecule has 0 radical (unpaired) electrons. The molecule has 0 saturated heterocycles. The van der Waals surface area contributed by atoms with Gasteiger partial charge in [0.05, 0.1) is 18.2 Å². The highest BCUT2D eigenvalue weighted by Crippen LogP contribution is 2.25. The lowest BCUT2D eigenvalue weighted by Crippen LogP contribution is -2.07. The van der Waals surface area contributed by atoms with Gasteiger partial charge in [0, 0.05) is 13.1 Å². The van der Waals surface area contributed by atoms with Gasteiger partial charge in [-0.05, 0) is 37.0 Å². The average molecular weight is 273 g/mol. The molecular formula is C16H23N3O. The monoisotopic (exact) mass is 273 g/mol. The second kappa shape index (κ2) is 6.57. The molecule has 0 saturated carbocycles. The predicted molar refractivity (Wildman–Crippen MR) is 80.7 cm³/mol. The minimum absolute atomic E-state index is 0.545. The van der Waals surface area contributed by atoms with Crippen molar-refractivity contribution in [2.24, 2.45) is 5.73 Å². The maximum atomic E-state index is 6.00. The van der Waals surface area contributed by atoms with E-state index in [1.54, 1.807) is 0 Å². The second-order valence-corrected chi connectivity index (χ2v) is 5.13. The number of aryl methyl sites for hydroxylation is 3. The molecule has 0 aliphatic rings. The number of imidazole rings is 1. The van der Waals surface area contributed by atoms with Gasteiger partial charge in [-0.3, -0.25) is 0 Å². The lowest BCUT2D eigenvalue weighted by molar-refractivity contribution is 0.290. The second-order valence-electron chi connectivity index (χ2n) is 5.13. The summed E-state index contributed by atoms with van der Waals surface area (Å²) in [6.07, 6.45) is 4.82. The number of aromatic nitrogens is 2. The molecule has 1 aromatic carbocycles. The Kier molecular flexibility index (Phi) is 4.79. The van der Waals surface area contributed by atoms with Crippen molar-refractivity contribution < 1.29 is 4.74 Å². The van der Waals surface area contributed by atoms with E-state index in [0.29, 0.717) is 13.2 Å². The largest absolute Gasteiger partial charge is 0.487 e. The summed E-state index contributed by atoms with van der Waals surface area (Å²) in [5.41, 5.74) is 10.2. The summed E-state index contributed by atoms with van der Waals surface area (Å²) in [6.45, 7) is 8.36. The number of nitrogens with zero attached hydrogens (tertiary/aromatic N) is 2. The first-order chi connectivity index (χ1) is 9.65. The first-order valence-corrected chi connectivity index (χ1v) is 7.07. The molecule has 0 aliphatic heterocycles. The summed E-state index contributed by atoms with van der Waals surface area (Å²) < 4.78 is 8.13. The van der Waals surface area contributed by atoms with E-state index in [9.17, 15) is 0 Å². The molecule has 4 heteroatoms.